The van der Waals surface area contributed by atoms with Gasteiger partial charge in [0.05, 0.1) is 6.26 Å². The van der Waals surface area contributed by atoms with Gasteiger partial charge in [-0.25, -0.2) is 8.42 Å². The van der Waals surface area contributed by atoms with Gasteiger partial charge in [-0.2, -0.15) is 4.31 Å². The maximum atomic E-state index is 12.6. The lowest BCUT2D eigenvalue weighted by Crippen LogP contribution is -2.69. The van der Waals surface area contributed by atoms with E-state index in [2.05, 4.69) is 5.32 Å². The van der Waals surface area contributed by atoms with Crippen LogP contribution in [0.2, 0.25) is 0 Å². The molecule has 0 radical (unpaired) electrons. The van der Waals surface area contributed by atoms with Crippen molar-refractivity contribution < 1.29 is 23.1 Å². The van der Waals surface area contributed by atoms with Crippen molar-refractivity contribution in [2.45, 2.75) is 18.5 Å². The summed E-state index contributed by atoms with van der Waals surface area (Å²) in [4.78, 5) is 26.4. The number of hydrogen-bond acceptors (Lipinski definition) is 5. The maximum absolute atomic E-state index is 12.6. The van der Waals surface area contributed by atoms with Gasteiger partial charge in [-0.05, 0) is 17.7 Å². The average Bonchev–Trinajstić information content (AvgIpc) is 2.53. The third kappa shape index (κ3) is 3.22. The normalized spacial score (nSPS) is 25.3. The van der Waals surface area contributed by atoms with Crippen LogP contribution in [0.5, 0.6) is 5.75 Å². The van der Waals surface area contributed by atoms with Crippen LogP contribution >= 0.6 is 0 Å². The molecule has 2 saturated heterocycles. The molecule has 0 bridgehead atoms. The highest BCUT2D eigenvalue weighted by Gasteiger charge is 2.44. The number of carbonyl (C=O) groups excluding carboxylic acids is 2. The van der Waals surface area contributed by atoms with Crippen LogP contribution in [-0.4, -0.2) is 72.5 Å². The van der Waals surface area contributed by atoms with E-state index in [0.717, 1.165) is 11.8 Å². The molecule has 0 aromatic heterocycles. The van der Waals surface area contributed by atoms with Crippen LogP contribution in [0.3, 0.4) is 0 Å². The number of benzene rings is 1. The Morgan fingerprint density at radius 2 is 1.88 bits per heavy atom. The number of phenols is 1. The van der Waals surface area contributed by atoms with E-state index in [9.17, 15) is 23.1 Å². The lowest BCUT2D eigenvalue weighted by molar-refractivity contribution is -0.151. The number of aromatic hydroxyl groups is 1. The molecule has 24 heavy (non-hydrogen) atoms. The van der Waals surface area contributed by atoms with Crippen LogP contribution < -0.4 is 5.32 Å². The number of rotatable bonds is 3. The lowest BCUT2D eigenvalue weighted by atomic mass is 9.99. The van der Waals surface area contributed by atoms with E-state index >= 15 is 0 Å². The molecule has 9 heteroatoms. The Hall–Kier alpha value is -2.13. The summed E-state index contributed by atoms with van der Waals surface area (Å²) in [6, 6.07) is 4.99. The van der Waals surface area contributed by atoms with Gasteiger partial charge in [0.2, 0.25) is 21.8 Å². The van der Waals surface area contributed by atoms with Crippen molar-refractivity contribution in [1.29, 1.82) is 0 Å². The highest BCUT2D eigenvalue weighted by Crippen LogP contribution is 2.20. The number of piperazine rings is 2. The number of hydrogen-bond donors (Lipinski definition) is 2. The Kier molecular flexibility index (Phi) is 4.22. The first-order chi connectivity index (χ1) is 11.3. The van der Waals surface area contributed by atoms with Crippen molar-refractivity contribution in [3.05, 3.63) is 29.8 Å². The Morgan fingerprint density at radius 3 is 2.50 bits per heavy atom. The van der Waals surface area contributed by atoms with Crippen LogP contribution in [-0.2, 0) is 26.0 Å². The van der Waals surface area contributed by atoms with Gasteiger partial charge >= 0.3 is 0 Å². The monoisotopic (exact) mass is 353 g/mol. The lowest BCUT2D eigenvalue weighted by Gasteiger charge is -2.44. The molecule has 2 N–H and O–H groups in total. The molecule has 0 spiro atoms. The molecule has 2 fully saturated rings. The highest BCUT2D eigenvalue weighted by atomic mass is 32.2. The Bertz CT molecular complexity index is 762. The van der Waals surface area contributed by atoms with Gasteiger partial charge < -0.3 is 15.3 Å². The first-order valence-electron chi connectivity index (χ1n) is 7.59. The number of nitrogens with one attached hydrogen (secondary N) is 1. The van der Waals surface area contributed by atoms with E-state index in [1.807, 2.05) is 0 Å². The summed E-state index contributed by atoms with van der Waals surface area (Å²) in [5.41, 5.74) is 0.819. The van der Waals surface area contributed by atoms with Gasteiger partial charge in [-0.15, -0.1) is 0 Å². The van der Waals surface area contributed by atoms with Crippen molar-refractivity contribution in [2.75, 3.05) is 25.9 Å². The van der Waals surface area contributed by atoms with Gasteiger partial charge in [0.1, 0.15) is 17.8 Å². The SMILES string of the molecule is CS(=O)(=O)N1CCN2C(=O)C(Cc3ccc(O)cc3)NC(=O)C2C1. The maximum Gasteiger partial charge on any atom is 0.246 e. The smallest absolute Gasteiger partial charge is 0.246 e. The number of carbonyl (C=O) groups is 2. The predicted molar refractivity (Wildman–Crippen MR) is 85.7 cm³/mol. The topological polar surface area (TPSA) is 107 Å². The van der Waals surface area contributed by atoms with E-state index in [4.69, 9.17) is 0 Å². The van der Waals surface area contributed by atoms with Gasteiger partial charge in [-0.1, -0.05) is 12.1 Å². The molecule has 2 unspecified atom stereocenters. The molecule has 2 heterocycles. The first-order valence-corrected chi connectivity index (χ1v) is 9.44. The average molecular weight is 353 g/mol. The summed E-state index contributed by atoms with van der Waals surface area (Å²) >= 11 is 0. The quantitative estimate of drug-likeness (QED) is 0.718. The van der Waals surface area contributed by atoms with Gasteiger partial charge in [0.15, 0.2) is 0 Å². The number of fused-ring (bicyclic) bond motifs is 1. The minimum absolute atomic E-state index is 0.0116. The minimum Gasteiger partial charge on any atom is -0.508 e. The number of amides is 2. The molecule has 0 aliphatic carbocycles. The predicted octanol–water partition coefficient (Wildman–Crippen LogP) is -1.09. The Balaban J connectivity index is 1.74. The van der Waals surface area contributed by atoms with Crippen LogP contribution in [0.1, 0.15) is 5.56 Å². The summed E-state index contributed by atoms with van der Waals surface area (Å²) in [6.07, 6.45) is 1.42. The van der Waals surface area contributed by atoms with Gasteiger partial charge in [-0.3, -0.25) is 9.59 Å². The van der Waals surface area contributed by atoms with E-state index in [0.29, 0.717) is 6.42 Å². The number of nitrogens with zero attached hydrogens (tertiary/aromatic N) is 2. The molecule has 2 amide bonds. The molecule has 130 valence electrons. The summed E-state index contributed by atoms with van der Waals surface area (Å²) in [7, 11) is -3.39. The summed E-state index contributed by atoms with van der Waals surface area (Å²) < 4.78 is 24.5. The fourth-order valence-corrected chi connectivity index (χ4v) is 3.91. The van der Waals surface area contributed by atoms with Gasteiger partial charge in [0, 0.05) is 26.1 Å². The number of phenolic OH excluding ortho intramolecular Hbond substituents is 1. The van der Waals surface area contributed by atoms with Gasteiger partial charge in [0.25, 0.3) is 0 Å². The molecule has 3 rings (SSSR count). The Labute approximate surface area is 140 Å². The molecule has 2 atom stereocenters. The molecule has 2 aliphatic heterocycles. The van der Waals surface area contributed by atoms with Crippen LogP contribution in [0.4, 0.5) is 0 Å². The van der Waals surface area contributed by atoms with Crippen LogP contribution in [0.15, 0.2) is 24.3 Å². The second-order valence-electron chi connectivity index (χ2n) is 6.10. The second-order valence-corrected chi connectivity index (χ2v) is 8.08. The van der Waals surface area contributed by atoms with Crippen LogP contribution in [0, 0.1) is 0 Å². The third-order valence-electron chi connectivity index (χ3n) is 4.39. The molecular weight excluding hydrogens is 334 g/mol. The molecule has 8 nitrogen and oxygen atoms in total. The van der Waals surface area contributed by atoms with E-state index in [-0.39, 0.29) is 37.2 Å². The molecule has 1 aromatic carbocycles. The van der Waals surface area contributed by atoms with E-state index in [1.54, 1.807) is 12.1 Å². The molecule has 1 aromatic rings. The standard InChI is InChI=1S/C15H19N3O5S/c1-24(22,23)17-6-7-18-13(9-17)14(20)16-12(15(18)21)8-10-2-4-11(19)5-3-10/h2-5,12-13,19H,6-9H2,1H3,(H,16,20). The van der Waals surface area contributed by atoms with E-state index in [1.165, 1.54) is 21.3 Å². The van der Waals surface area contributed by atoms with Crippen LogP contribution in [0.25, 0.3) is 0 Å². The zero-order valence-corrected chi connectivity index (χ0v) is 14.0. The highest BCUT2D eigenvalue weighted by molar-refractivity contribution is 7.88. The third-order valence-corrected chi connectivity index (χ3v) is 5.66. The van der Waals surface area contributed by atoms with Crippen molar-refractivity contribution in [2.24, 2.45) is 0 Å². The Morgan fingerprint density at radius 1 is 1.21 bits per heavy atom. The fourth-order valence-electron chi connectivity index (χ4n) is 3.08. The largest absolute Gasteiger partial charge is 0.508 e. The summed E-state index contributed by atoms with van der Waals surface area (Å²) in [6.45, 7) is 0.388. The number of sulfonamides is 1. The van der Waals surface area contributed by atoms with E-state index < -0.39 is 22.1 Å². The zero-order chi connectivity index (χ0) is 17.5. The second kappa shape index (κ2) is 6.06. The van der Waals surface area contributed by atoms with Crippen molar-refractivity contribution in [3.63, 3.8) is 0 Å². The van der Waals surface area contributed by atoms with Crippen molar-refractivity contribution in [3.8, 4) is 5.75 Å². The summed E-state index contributed by atoms with van der Waals surface area (Å²) in [5.74, 6) is -0.415. The minimum atomic E-state index is -3.39. The summed E-state index contributed by atoms with van der Waals surface area (Å²) in [5, 5.41) is 12.0. The first kappa shape index (κ1) is 16.7. The molecule has 2 aliphatic rings. The van der Waals surface area contributed by atoms with Crippen molar-refractivity contribution in [1.82, 2.24) is 14.5 Å². The fraction of sp³-hybridized carbons (Fsp3) is 0.467. The zero-order valence-electron chi connectivity index (χ0n) is 13.2. The van der Waals surface area contributed by atoms with Crippen molar-refractivity contribution >= 4 is 21.8 Å². The molecular formula is C15H19N3O5S. The molecule has 0 saturated carbocycles.